The van der Waals surface area contributed by atoms with Gasteiger partial charge in [-0.05, 0) is 29.8 Å². The average Bonchev–Trinajstić information content (AvgIpc) is 2.78. The van der Waals surface area contributed by atoms with Gasteiger partial charge in [0.15, 0.2) is 11.6 Å². The van der Waals surface area contributed by atoms with Gasteiger partial charge in [-0.25, -0.2) is 13.8 Å². The summed E-state index contributed by atoms with van der Waals surface area (Å²) in [7, 11) is 0. The van der Waals surface area contributed by atoms with Gasteiger partial charge in [-0.3, -0.25) is 0 Å². The molecule has 0 radical (unpaired) electrons. The van der Waals surface area contributed by atoms with Crippen LogP contribution in [0.3, 0.4) is 0 Å². The fraction of sp³-hybridized carbons (Fsp3) is 0.0714. The average molecular weight is 279 g/mol. The van der Waals surface area contributed by atoms with E-state index in [1.54, 1.807) is 6.07 Å². The van der Waals surface area contributed by atoms with Crippen molar-refractivity contribution in [2.75, 3.05) is 0 Å². The predicted octanol–water partition coefficient (Wildman–Crippen LogP) is 4.09. The predicted molar refractivity (Wildman–Crippen MR) is 70.3 cm³/mol. The lowest BCUT2D eigenvalue weighted by Gasteiger charge is -1.99. The van der Waals surface area contributed by atoms with Crippen molar-refractivity contribution in [1.29, 1.82) is 0 Å². The monoisotopic (exact) mass is 278 g/mol. The van der Waals surface area contributed by atoms with Crippen LogP contribution in [0.2, 0.25) is 5.02 Å². The molecule has 2 aromatic carbocycles. The Kier molecular flexibility index (Phi) is 2.95. The molecule has 0 aliphatic carbocycles. The quantitative estimate of drug-likeness (QED) is 0.751. The third kappa shape index (κ3) is 2.31. The first kappa shape index (κ1) is 12.1. The highest BCUT2D eigenvalue weighted by Crippen LogP contribution is 2.22. The molecule has 2 nitrogen and oxygen atoms in total. The number of para-hydroxylation sites is 1. The van der Waals surface area contributed by atoms with Gasteiger partial charge >= 0.3 is 0 Å². The molecule has 0 aliphatic rings. The summed E-state index contributed by atoms with van der Waals surface area (Å²) in [5.41, 5.74) is 2.15. The number of aromatic nitrogens is 2. The molecule has 0 aliphatic heterocycles. The number of hydrogen-bond acceptors (Lipinski definition) is 1. The Morgan fingerprint density at radius 3 is 2.68 bits per heavy atom. The highest BCUT2D eigenvalue weighted by molar-refractivity contribution is 6.34. The minimum absolute atomic E-state index is 0.391. The van der Waals surface area contributed by atoms with Crippen molar-refractivity contribution in [3.05, 3.63) is 64.4 Å². The number of nitrogens with one attached hydrogen (secondary N) is 1. The molecule has 1 N–H and O–H groups in total. The van der Waals surface area contributed by atoms with Crippen molar-refractivity contribution in [2.24, 2.45) is 0 Å². The summed E-state index contributed by atoms with van der Waals surface area (Å²) >= 11 is 6.03. The summed E-state index contributed by atoms with van der Waals surface area (Å²) in [6.07, 6.45) is 0.391. The maximum atomic E-state index is 13.1. The summed E-state index contributed by atoms with van der Waals surface area (Å²) in [6.45, 7) is 0. The molecule has 0 saturated heterocycles. The second-order valence-electron chi connectivity index (χ2n) is 4.24. The van der Waals surface area contributed by atoms with Crippen LogP contribution in [0.25, 0.3) is 11.0 Å². The first-order valence-corrected chi connectivity index (χ1v) is 6.08. The van der Waals surface area contributed by atoms with Crippen molar-refractivity contribution >= 4 is 22.6 Å². The van der Waals surface area contributed by atoms with Gasteiger partial charge < -0.3 is 4.98 Å². The highest BCUT2D eigenvalue weighted by atomic mass is 35.5. The number of imidazole rings is 1. The molecule has 0 spiro atoms. The Labute approximate surface area is 113 Å². The molecule has 19 heavy (non-hydrogen) atoms. The molecule has 96 valence electrons. The van der Waals surface area contributed by atoms with E-state index in [0.717, 1.165) is 11.6 Å². The number of aromatic amines is 1. The fourth-order valence-corrected chi connectivity index (χ4v) is 2.19. The van der Waals surface area contributed by atoms with Crippen molar-refractivity contribution in [1.82, 2.24) is 9.97 Å². The molecule has 3 rings (SSSR count). The van der Waals surface area contributed by atoms with Crippen LogP contribution < -0.4 is 0 Å². The van der Waals surface area contributed by atoms with Gasteiger partial charge in [0, 0.05) is 6.42 Å². The van der Waals surface area contributed by atoms with Crippen molar-refractivity contribution < 1.29 is 8.78 Å². The van der Waals surface area contributed by atoms with Crippen LogP contribution in [-0.2, 0) is 6.42 Å². The minimum atomic E-state index is -0.855. The largest absolute Gasteiger partial charge is 0.342 e. The van der Waals surface area contributed by atoms with Crippen molar-refractivity contribution in [3.63, 3.8) is 0 Å². The summed E-state index contributed by atoms with van der Waals surface area (Å²) in [5.74, 6) is -1.04. The van der Waals surface area contributed by atoms with E-state index in [1.807, 2.05) is 12.1 Å². The zero-order valence-corrected chi connectivity index (χ0v) is 10.5. The van der Waals surface area contributed by atoms with Gasteiger partial charge in [0.2, 0.25) is 0 Å². The van der Waals surface area contributed by atoms with Crippen LogP contribution in [0.15, 0.2) is 36.4 Å². The van der Waals surface area contributed by atoms with E-state index in [1.165, 1.54) is 12.1 Å². The van der Waals surface area contributed by atoms with E-state index in [2.05, 4.69) is 9.97 Å². The molecule has 5 heteroatoms. The molecule has 0 bridgehead atoms. The third-order valence-electron chi connectivity index (χ3n) is 2.87. The zero-order chi connectivity index (χ0) is 13.4. The normalized spacial score (nSPS) is 11.1. The van der Waals surface area contributed by atoms with E-state index in [9.17, 15) is 8.78 Å². The van der Waals surface area contributed by atoms with E-state index >= 15 is 0 Å². The summed E-state index contributed by atoms with van der Waals surface area (Å²) in [5, 5.41) is 0.560. The minimum Gasteiger partial charge on any atom is -0.342 e. The van der Waals surface area contributed by atoms with Crippen LogP contribution >= 0.6 is 11.6 Å². The van der Waals surface area contributed by atoms with E-state index in [0.29, 0.717) is 28.3 Å². The summed E-state index contributed by atoms with van der Waals surface area (Å²) in [6, 6.07) is 9.26. The molecule has 0 saturated carbocycles. The Balaban J connectivity index is 1.96. The number of benzene rings is 2. The summed E-state index contributed by atoms with van der Waals surface area (Å²) in [4.78, 5) is 7.46. The van der Waals surface area contributed by atoms with Gasteiger partial charge in [0.1, 0.15) is 11.3 Å². The Morgan fingerprint density at radius 2 is 1.95 bits per heavy atom. The molecule has 1 aromatic heterocycles. The van der Waals surface area contributed by atoms with Crippen molar-refractivity contribution in [2.45, 2.75) is 6.42 Å². The SMILES string of the molecule is Fc1ccc(Cc2nc3c(Cl)cccc3[nH]2)cc1F. The molecule has 1 heterocycles. The first-order chi connectivity index (χ1) is 9.13. The molecular weight excluding hydrogens is 270 g/mol. The lowest BCUT2D eigenvalue weighted by Crippen LogP contribution is -1.93. The lowest BCUT2D eigenvalue weighted by atomic mass is 10.1. The number of nitrogens with zero attached hydrogens (tertiary/aromatic N) is 1. The molecule has 0 amide bonds. The molecule has 0 fully saturated rings. The zero-order valence-electron chi connectivity index (χ0n) is 9.75. The Hall–Kier alpha value is -1.94. The van der Waals surface area contributed by atoms with Gasteiger partial charge in [0.05, 0.1) is 10.5 Å². The van der Waals surface area contributed by atoms with Crippen LogP contribution in [0.1, 0.15) is 11.4 Å². The lowest BCUT2D eigenvalue weighted by molar-refractivity contribution is 0.507. The van der Waals surface area contributed by atoms with Crippen LogP contribution in [0.4, 0.5) is 8.78 Å². The molecule has 0 atom stereocenters. The maximum Gasteiger partial charge on any atom is 0.159 e. The van der Waals surface area contributed by atoms with E-state index in [4.69, 9.17) is 11.6 Å². The number of halogens is 3. The van der Waals surface area contributed by atoms with Gasteiger partial charge in [0.25, 0.3) is 0 Å². The number of hydrogen-bond donors (Lipinski definition) is 1. The Morgan fingerprint density at radius 1 is 1.11 bits per heavy atom. The van der Waals surface area contributed by atoms with Crippen LogP contribution in [0.5, 0.6) is 0 Å². The van der Waals surface area contributed by atoms with Crippen LogP contribution in [0, 0.1) is 11.6 Å². The molecule has 3 aromatic rings. The van der Waals surface area contributed by atoms with Gasteiger partial charge in [-0.2, -0.15) is 0 Å². The Bertz CT molecular complexity index is 752. The van der Waals surface area contributed by atoms with Crippen molar-refractivity contribution in [3.8, 4) is 0 Å². The first-order valence-electron chi connectivity index (χ1n) is 5.70. The standard InChI is InChI=1S/C14H9ClF2N2/c15-9-2-1-3-12-14(9)19-13(18-12)7-8-4-5-10(16)11(17)6-8/h1-6H,7H2,(H,18,19). The summed E-state index contributed by atoms with van der Waals surface area (Å²) < 4.78 is 26.0. The number of fused-ring (bicyclic) bond motifs is 1. The van der Waals surface area contributed by atoms with Gasteiger partial charge in [-0.15, -0.1) is 0 Å². The maximum absolute atomic E-state index is 13.1. The number of rotatable bonds is 2. The van der Waals surface area contributed by atoms with Crippen LogP contribution in [-0.4, -0.2) is 9.97 Å². The molecular formula is C14H9ClF2N2. The van der Waals surface area contributed by atoms with Gasteiger partial charge in [-0.1, -0.05) is 23.7 Å². The second-order valence-corrected chi connectivity index (χ2v) is 4.65. The fourth-order valence-electron chi connectivity index (χ4n) is 1.97. The second kappa shape index (κ2) is 4.63. The van der Waals surface area contributed by atoms with E-state index < -0.39 is 11.6 Å². The number of H-pyrrole nitrogens is 1. The smallest absolute Gasteiger partial charge is 0.159 e. The third-order valence-corrected chi connectivity index (χ3v) is 3.17. The van der Waals surface area contributed by atoms with E-state index in [-0.39, 0.29) is 0 Å². The topological polar surface area (TPSA) is 28.7 Å². The molecule has 0 unspecified atom stereocenters. The highest BCUT2D eigenvalue weighted by Gasteiger charge is 2.08.